The van der Waals surface area contributed by atoms with Crippen LogP contribution in [-0.2, 0) is 9.53 Å². The number of nitrogens with zero attached hydrogens (tertiary/aromatic N) is 2. The number of hydrogen-bond acceptors (Lipinski definition) is 3. The third-order valence-corrected chi connectivity index (χ3v) is 3.28. The van der Waals surface area contributed by atoms with Gasteiger partial charge in [-0.3, -0.25) is 9.69 Å². The van der Waals surface area contributed by atoms with Crippen molar-refractivity contribution in [3.05, 3.63) is 0 Å². The van der Waals surface area contributed by atoms with Crippen molar-refractivity contribution >= 4 is 5.91 Å². The first kappa shape index (κ1) is 18.4. The van der Waals surface area contributed by atoms with Crippen LogP contribution in [0, 0.1) is 0 Å². The Kier molecular flexibility index (Phi) is 9.88. The van der Waals surface area contributed by atoms with Crippen molar-refractivity contribution in [2.24, 2.45) is 0 Å². The Morgan fingerprint density at radius 2 is 1.68 bits per heavy atom. The average Bonchev–Trinajstić information content (AvgIpc) is 2.32. The van der Waals surface area contributed by atoms with Crippen molar-refractivity contribution in [3.63, 3.8) is 0 Å². The number of unbranched alkanes of at least 4 members (excludes halogenated alkanes) is 2. The van der Waals surface area contributed by atoms with Gasteiger partial charge >= 0.3 is 0 Å². The fraction of sp³-hybridized carbons (Fsp3) is 0.933. The van der Waals surface area contributed by atoms with Gasteiger partial charge in [0.25, 0.3) is 0 Å². The zero-order valence-electron chi connectivity index (χ0n) is 13.6. The molecule has 0 spiro atoms. The number of ether oxygens (including phenoxy) is 1. The Morgan fingerprint density at radius 1 is 1.05 bits per heavy atom. The van der Waals surface area contributed by atoms with Crippen molar-refractivity contribution in [3.8, 4) is 0 Å². The maximum absolute atomic E-state index is 11.9. The first-order valence-electron chi connectivity index (χ1n) is 7.40. The summed E-state index contributed by atoms with van der Waals surface area (Å²) in [7, 11) is 3.88. The molecule has 0 fully saturated rings. The van der Waals surface area contributed by atoms with Gasteiger partial charge in [0.2, 0.25) is 5.91 Å². The predicted octanol–water partition coefficient (Wildman–Crippen LogP) is 2.38. The number of hydrogen-bond donors (Lipinski definition) is 0. The molecule has 0 aromatic carbocycles. The molecule has 0 heterocycles. The minimum Gasteiger partial charge on any atom is -0.379 e. The molecule has 4 heteroatoms. The summed E-state index contributed by atoms with van der Waals surface area (Å²) in [6.07, 6.45) is 3.56. The molecule has 1 amide bonds. The van der Waals surface area contributed by atoms with Gasteiger partial charge < -0.3 is 9.64 Å². The van der Waals surface area contributed by atoms with Gasteiger partial charge in [-0.2, -0.15) is 0 Å². The van der Waals surface area contributed by atoms with E-state index < -0.39 is 0 Å². The van der Waals surface area contributed by atoms with Crippen LogP contribution < -0.4 is 0 Å². The van der Waals surface area contributed by atoms with Crippen molar-refractivity contribution in [2.75, 3.05) is 33.8 Å². The van der Waals surface area contributed by atoms with E-state index in [9.17, 15) is 4.79 Å². The molecule has 0 aromatic rings. The highest BCUT2D eigenvalue weighted by Gasteiger charge is 2.12. The Balaban J connectivity index is 3.62. The van der Waals surface area contributed by atoms with Gasteiger partial charge in [0, 0.05) is 26.2 Å². The molecule has 0 aliphatic carbocycles. The largest absolute Gasteiger partial charge is 0.379 e. The molecular weight excluding hydrogens is 240 g/mol. The molecule has 0 aliphatic heterocycles. The molecule has 0 atom stereocenters. The van der Waals surface area contributed by atoms with Gasteiger partial charge in [-0.1, -0.05) is 0 Å². The van der Waals surface area contributed by atoms with Crippen LogP contribution in [0.1, 0.15) is 47.0 Å². The summed E-state index contributed by atoms with van der Waals surface area (Å²) in [5, 5.41) is 0. The first-order chi connectivity index (χ1) is 8.84. The second-order valence-corrected chi connectivity index (χ2v) is 5.80. The lowest BCUT2D eigenvalue weighted by molar-refractivity contribution is -0.131. The quantitative estimate of drug-likeness (QED) is 0.572. The summed E-state index contributed by atoms with van der Waals surface area (Å²) in [6.45, 7) is 10.5. The highest BCUT2D eigenvalue weighted by Crippen LogP contribution is 2.01. The molecule has 19 heavy (non-hydrogen) atoms. The van der Waals surface area contributed by atoms with Gasteiger partial charge in [-0.05, 0) is 54.0 Å². The van der Waals surface area contributed by atoms with Crippen molar-refractivity contribution in [2.45, 2.75) is 59.1 Å². The Hall–Kier alpha value is -0.610. The Morgan fingerprint density at radius 3 is 2.21 bits per heavy atom. The number of carbonyl (C=O) groups is 1. The molecule has 0 aliphatic rings. The lowest BCUT2D eigenvalue weighted by Crippen LogP contribution is -2.39. The summed E-state index contributed by atoms with van der Waals surface area (Å²) in [5.74, 6) is 0.203. The molecule has 0 unspecified atom stereocenters. The summed E-state index contributed by atoms with van der Waals surface area (Å²) < 4.78 is 5.49. The van der Waals surface area contributed by atoms with Crippen LogP contribution in [0.5, 0.6) is 0 Å². The van der Waals surface area contributed by atoms with E-state index >= 15 is 0 Å². The Labute approximate surface area is 119 Å². The zero-order valence-corrected chi connectivity index (χ0v) is 13.6. The number of likely N-dealkylation sites (N-methyl/N-ethyl adjacent to an activating group) is 2. The fourth-order valence-corrected chi connectivity index (χ4v) is 1.59. The lowest BCUT2D eigenvalue weighted by atomic mass is 10.2. The molecule has 0 saturated heterocycles. The SMILES string of the molecule is CC(C)OCCCCCN(C)C(=O)CN(C)C(C)C. The summed E-state index contributed by atoms with van der Waals surface area (Å²) in [4.78, 5) is 15.8. The molecule has 0 saturated carbocycles. The van der Waals surface area contributed by atoms with Crippen molar-refractivity contribution < 1.29 is 9.53 Å². The van der Waals surface area contributed by atoms with Gasteiger partial charge in [-0.15, -0.1) is 0 Å². The molecule has 0 radical (unpaired) electrons. The third kappa shape index (κ3) is 9.91. The molecular formula is C15H32N2O2. The lowest BCUT2D eigenvalue weighted by Gasteiger charge is -2.24. The molecule has 4 nitrogen and oxygen atoms in total. The number of carbonyl (C=O) groups excluding carboxylic acids is 1. The maximum Gasteiger partial charge on any atom is 0.236 e. The van der Waals surface area contributed by atoms with Crippen LogP contribution in [-0.4, -0.2) is 61.6 Å². The summed E-state index contributed by atoms with van der Waals surface area (Å²) in [6, 6.07) is 0.408. The van der Waals surface area contributed by atoms with Crippen LogP contribution in [0.3, 0.4) is 0 Å². The smallest absolute Gasteiger partial charge is 0.236 e. The van der Waals surface area contributed by atoms with E-state index in [-0.39, 0.29) is 5.91 Å². The zero-order chi connectivity index (χ0) is 14.8. The van der Waals surface area contributed by atoms with E-state index in [1.165, 1.54) is 0 Å². The highest BCUT2D eigenvalue weighted by atomic mass is 16.5. The van der Waals surface area contributed by atoms with E-state index in [1.807, 2.05) is 19.0 Å². The monoisotopic (exact) mass is 272 g/mol. The van der Waals surface area contributed by atoms with E-state index in [0.29, 0.717) is 18.7 Å². The second-order valence-electron chi connectivity index (χ2n) is 5.80. The molecule has 0 rings (SSSR count). The number of amides is 1. The van der Waals surface area contributed by atoms with Crippen LogP contribution in [0.2, 0.25) is 0 Å². The summed E-state index contributed by atoms with van der Waals surface area (Å²) in [5.41, 5.74) is 0. The number of rotatable bonds is 10. The average molecular weight is 272 g/mol. The first-order valence-corrected chi connectivity index (χ1v) is 7.40. The van der Waals surface area contributed by atoms with E-state index in [4.69, 9.17) is 4.74 Å². The fourth-order valence-electron chi connectivity index (χ4n) is 1.59. The summed E-state index contributed by atoms with van der Waals surface area (Å²) >= 11 is 0. The van der Waals surface area contributed by atoms with E-state index in [2.05, 4.69) is 32.6 Å². The van der Waals surface area contributed by atoms with Gasteiger partial charge in [0.1, 0.15) is 0 Å². The van der Waals surface area contributed by atoms with Gasteiger partial charge in [0.15, 0.2) is 0 Å². The molecule has 0 bridgehead atoms. The van der Waals surface area contributed by atoms with Crippen molar-refractivity contribution in [1.29, 1.82) is 0 Å². The highest BCUT2D eigenvalue weighted by molar-refractivity contribution is 5.77. The minimum atomic E-state index is 0.203. The van der Waals surface area contributed by atoms with Crippen LogP contribution in [0.25, 0.3) is 0 Å². The van der Waals surface area contributed by atoms with Gasteiger partial charge in [-0.25, -0.2) is 0 Å². The van der Waals surface area contributed by atoms with E-state index in [1.54, 1.807) is 0 Å². The van der Waals surface area contributed by atoms with Crippen LogP contribution >= 0.6 is 0 Å². The Bertz CT molecular complexity index is 242. The van der Waals surface area contributed by atoms with Crippen molar-refractivity contribution in [1.82, 2.24) is 9.80 Å². The standard InChI is InChI=1S/C15H32N2O2/c1-13(2)17(6)12-15(18)16(5)10-8-7-9-11-19-14(3)4/h13-14H,7-12H2,1-6H3. The normalized spacial score (nSPS) is 11.6. The minimum absolute atomic E-state index is 0.203. The topological polar surface area (TPSA) is 32.8 Å². The predicted molar refractivity (Wildman–Crippen MR) is 80.3 cm³/mol. The van der Waals surface area contributed by atoms with Crippen LogP contribution in [0.15, 0.2) is 0 Å². The van der Waals surface area contributed by atoms with E-state index in [0.717, 1.165) is 32.4 Å². The van der Waals surface area contributed by atoms with Crippen LogP contribution in [0.4, 0.5) is 0 Å². The molecule has 114 valence electrons. The third-order valence-electron chi connectivity index (χ3n) is 3.28. The maximum atomic E-state index is 11.9. The molecule has 0 N–H and O–H groups in total. The second kappa shape index (κ2) is 10.2. The molecule has 0 aromatic heterocycles. The van der Waals surface area contributed by atoms with Gasteiger partial charge in [0.05, 0.1) is 12.6 Å².